The van der Waals surface area contributed by atoms with Crippen LogP contribution in [0.15, 0.2) is 30.6 Å². The number of H-pyrrole nitrogens is 1. The van der Waals surface area contributed by atoms with Crippen LogP contribution in [0, 0.1) is 6.92 Å². The molecule has 20 heavy (non-hydrogen) atoms. The maximum absolute atomic E-state index is 9.22. The first-order valence-corrected chi connectivity index (χ1v) is 6.67. The lowest BCUT2D eigenvalue weighted by molar-refractivity contribution is 0.281. The highest BCUT2D eigenvalue weighted by Crippen LogP contribution is 2.34. The van der Waals surface area contributed by atoms with Crippen molar-refractivity contribution in [2.45, 2.75) is 6.92 Å². The van der Waals surface area contributed by atoms with Gasteiger partial charge in [0.2, 0.25) is 0 Å². The smallest absolute Gasteiger partial charge is 0.0606 e. The lowest BCUT2D eigenvalue weighted by Gasteiger charge is -2.26. The van der Waals surface area contributed by atoms with Crippen molar-refractivity contribution in [2.24, 2.45) is 0 Å². The molecule has 0 unspecified atom stereocenters. The van der Waals surface area contributed by atoms with Gasteiger partial charge in [-0.3, -0.25) is 0 Å². The first kappa shape index (κ1) is 14.4. The minimum Gasteiger partial charge on any atom is -0.398 e. The summed E-state index contributed by atoms with van der Waals surface area (Å²) in [7, 11) is 0. The van der Waals surface area contributed by atoms with Crippen LogP contribution in [0.4, 0.5) is 11.4 Å². The maximum atomic E-state index is 9.22. The minimum atomic E-state index is 0.0377. The Labute approximate surface area is 118 Å². The number of aromatic nitrogens is 1. The van der Waals surface area contributed by atoms with Gasteiger partial charge in [-0.1, -0.05) is 0 Å². The van der Waals surface area contributed by atoms with Crippen molar-refractivity contribution < 1.29 is 10.2 Å². The third-order valence-electron chi connectivity index (χ3n) is 3.37. The van der Waals surface area contributed by atoms with Crippen LogP contribution in [-0.2, 0) is 0 Å². The summed E-state index contributed by atoms with van der Waals surface area (Å²) >= 11 is 0. The number of nitrogens with two attached hydrogens (primary N) is 1. The van der Waals surface area contributed by atoms with E-state index in [1.54, 1.807) is 0 Å². The van der Waals surface area contributed by atoms with E-state index in [9.17, 15) is 10.2 Å². The van der Waals surface area contributed by atoms with Gasteiger partial charge in [0.1, 0.15) is 0 Å². The number of nitrogen functional groups attached to an aromatic ring is 1. The molecule has 0 bridgehead atoms. The highest BCUT2D eigenvalue weighted by atomic mass is 16.3. The van der Waals surface area contributed by atoms with Crippen LogP contribution in [0.3, 0.4) is 0 Å². The van der Waals surface area contributed by atoms with Crippen molar-refractivity contribution in [3.8, 4) is 11.1 Å². The zero-order valence-electron chi connectivity index (χ0n) is 11.6. The number of aliphatic hydroxyl groups excluding tert-OH is 2. The number of rotatable bonds is 6. The molecule has 0 fully saturated rings. The molecule has 1 heterocycles. The van der Waals surface area contributed by atoms with Gasteiger partial charge < -0.3 is 25.8 Å². The van der Waals surface area contributed by atoms with Gasteiger partial charge in [-0.2, -0.15) is 0 Å². The second-order valence-electron chi connectivity index (χ2n) is 4.76. The van der Waals surface area contributed by atoms with Crippen LogP contribution in [0.2, 0.25) is 0 Å². The van der Waals surface area contributed by atoms with E-state index in [0.29, 0.717) is 13.1 Å². The monoisotopic (exact) mass is 275 g/mol. The first-order chi connectivity index (χ1) is 9.67. The summed E-state index contributed by atoms with van der Waals surface area (Å²) in [5.41, 5.74) is 10.7. The molecule has 0 saturated heterocycles. The molecule has 5 N–H and O–H groups in total. The molecule has 5 heteroatoms. The van der Waals surface area contributed by atoms with Crippen molar-refractivity contribution in [2.75, 3.05) is 36.9 Å². The Bertz CT molecular complexity index is 546. The predicted octanol–water partition coefficient (Wildman–Crippen LogP) is 1.36. The van der Waals surface area contributed by atoms with Crippen molar-refractivity contribution in [1.82, 2.24) is 4.98 Å². The Morgan fingerprint density at radius 3 is 2.45 bits per heavy atom. The van der Waals surface area contributed by atoms with Crippen molar-refractivity contribution in [3.05, 3.63) is 36.2 Å². The highest BCUT2D eigenvalue weighted by Gasteiger charge is 2.14. The second kappa shape index (κ2) is 6.45. The van der Waals surface area contributed by atoms with Gasteiger partial charge in [-0.05, 0) is 30.7 Å². The lowest BCUT2D eigenvalue weighted by atomic mass is 10.0. The maximum Gasteiger partial charge on any atom is 0.0606 e. The van der Waals surface area contributed by atoms with E-state index in [4.69, 9.17) is 5.73 Å². The van der Waals surface area contributed by atoms with E-state index in [1.165, 1.54) is 0 Å². The van der Waals surface area contributed by atoms with Gasteiger partial charge in [0.25, 0.3) is 0 Å². The lowest BCUT2D eigenvalue weighted by Crippen LogP contribution is -2.30. The summed E-state index contributed by atoms with van der Waals surface area (Å²) in [4.78, 5) is 5.00. The molecule has 1 aromatic heterocycles. The fourth-order valence-electron chi connectivity index (χ4n) is 2.29. The molecule has 0 aliphatic heterocycles. The van der Waals surface area contributed by atoms with Gasteiger partial charge in [-0.25, -0.2) is 0 Å². The topological polar surface area (TPSA) is 85.5 Å². The van der Waals surface area contributed by atoms with E-state index in [0.717, 1.165) is 28.1 Å². The summed E-state index contributed by atoms with van der Waals surface area (Å²) in [5.74, 6) is 0. The summed E-state index contributed by atoms with van der Waals surface area (Å²) in [6.07, 6.45) is 3.77. The largest absolute Gasteiger partial charge is 0.398 e. The normalized spacial score (nSPS) is 10.8. The number of hydrogen-bond donors (Lipinski definition) is 4. The van der Waals surface area contributed by atoms with Gasteiger partial charge in [0.05, 0.1) is 13.2 Å². The number of nitrogens with one attached hydrogen (secondary N) is 1. The molecule has 1 aromatic carbocycles. The SMILES string of the molecule is Cc1cc(N(CCO)CCO)c(-c2cc[nH]c2)cc1N. The Balaban J connectivity index is 2.51. The van der Waals surface area contributed by atoms with Gasteiger partial charge in [-0.15, -0.1) is 0 Å². The zero-order valence-corrected chi connectivity index (χ0v) is 11.6. The van der Waals surface area contributed by atoms with Crippen molar-refractivity contribution in [1.29, 1.82) is 0 Å². The molecule has 108 valence electrons. The van der Waals surface area contributed by atoms with E-state index in [2.05, 4.69) is 4.98 Å². The summed E-state index contributed by atoms with van der Waals surface area (Å²) in [6.45, 7) is 2.98. The van der Waals surface area contributed by atoms with Crippen LogP contribution in [-0.4, -0.2) is 41.5 Å². The van der Waals surface area contributed by atoms with E-state index >= 15 is 0 Å². The minimum absolute atomic E-state index is 0.0377. The van der Waals surface area contributed by atoms with E-state index in [1.807, 2.05) is 42.4 Å². The average Bonchev–Trinajstić information content (AvgIpc) is 2.95. The standard InChI is InChI=1S/C15H21N3O2/c1-11-8-15(18(4-6-19)5-7-20)13(9-14(11)16)12-2-3-17-10-12/h2-3,8-10,17,19-20H,4-7,16H2,1H3. The summed E-state index contributed by atoms with van der Waals surface area (Å²) in [5, 5.41) is 18.4. The number of aromatic amines is 1. The number of benzene rings is 1. The van der Waals surface area contributed by atoms with Crippen LogP contribution in [0.1, 0.15) is 5.56 Å². The van der Waals surface area contributed by atoms with Crippen LogP contribution in [0.25, 0.3) is 11.1 Å². The molecule has 2 aromatic rings. The number of nitrogens with zero attached hydrogens (tertiary/aromatic N) is 1. The number of aliphatic hydroxyl groups is 2. The first-order valence-electron chi connectivity index (χ1n) is 6.67. The van der Waals surface area contributed by atoms with Gasteiger partial charge >= 0.3 is 0 Å². The molecular weight excluding hydrogens is 254 g/mol. The quantitative estimate of drug-likeness (QED) is 0.600. The third kappa shape index (κ3) is 2.95. The van der Waals surface area contributed by atoms with Gasteiger partial charge in [0, 0.05) is 48.0 Å². The summed E-state index contributed by atoms with van der Waals surface area (Å²) < 4.78 is 0. The molecule has 0 atom stereocenters. The molecule has 0 radical (unpaired) electrons. The molecule has 2 rings (SSSR count). The molecule has 5 nitrogen and oxygen atoms in total. The fourth-order valence-corrected chi connectivity index (χ4v) is 2.29. The van der Waals surface area contributed by atoms with E-state index < -0.39 is 0 Å². The number of aryl methyl sites for hydroxylation is 1. The molecule has 0 aliphatic rings. The summed E-state index contributed by atoms with van der Waals surface area (Å²) in [6, 6.07) is 5.92. The highest BCUT2D eigenvalue weighted by molar-refractivity contribution is 5.82. The predicted molar refractivity (Wildman–Crippen MR) is 81.8 cm³/mol. The molecule has 0 aliphatic carbocycles. The fraction of sp³-hybridized carbons (Fsp3) is 0.333. The van der Waals surface area contributed by atoms with Crippen molar-refractivity contribution in [3.63, 3.8) is 0 Å². The Hall–Kier alpha value is -1.98. The Morgan fingerprint density at radius 1 is 1.20 bits per heavy atom. The Morgan fingerprint density at radius 2 is 1.90 bits per heavy atom. The van der Waals surface area contributed by atoms with Crippen LogP contribution in [0.5, 0.6) is 0 Å². The molecule has 0 spiro atoms. The molecule has 0 amide bonds. The molecule has 0 saturated carbocycles. The average molecular weight is 275 g/mol. The van der Waals surface area contributed by atoms with Crippen LogP contribution < -0.4 is 10.6 Å². The Kier molecular flexibility index (Phi) is 4.65. The molecular formula is C15H21N3O2. The third-order valence-corrected chi connectivity index (χ3v) is 3.37. The van der Waals surface area contributed by atoms with Gasteiger partial charge in [0.15, 0.2) is 0 Å². The van der Waals surface area contributed by atoms with E-state index in [-0.39, 0.29) is 13.2 Å². The zero-order chi connectivity index (χ0) is 14.5. The van der Waals surface area contributed by atoms with Crippen LogP contribution >= 0.6 is 0 Å². The second-order valence-corrected chi connectivity index (χ2v) is 4.76. The van der Waals surface area contributed by atoms with Crippen molar-refractivity contribution >= 4 is 11.4 Å². The number of anilines is 2. The number of hydrogen-bond acceptors (Lipinski definition) is 4.